The summed E-state index contributed by atoms with van der Waals surface area (Å²) in [5, 5.41) is 13.6. The molecule has 2 unspecified atom stereocenters. The second kappa shape index (κ2) is 5.73. The van der Waals surface area contributed by atoms with E-state index >= 15 is 0 Å². The van der Waals surface area contributed by atoms with Crippen molar-refractivity contribution < 1.29 is 9.63 Å². The average Bonchev–Trinajstić information content (AvgIpc) is 2.79. The van der Waals surface area contributed by atoms with Gasteiger partial charge in [0, 0.05) is 18.8 Å². The van der Waals surface area contributed by atoms with Gasteiger partial charge in [-0.05, 0) is 31.0 Å². The lowest BCUT2D eigenvalue weighted by molar-refractivity contribution is 0.141. The molecule has 2 atom stereocenters. The van der Waals surface area contributed by atoms with Crippen molar-refractivity contribution in [3.05, 3.63) is 41.8 Å². The Bertz CT molecular complexity index is 482. The van der Waals surface area contributed by atoms with Gasteiger partial charge < -0.3 is 9.63 Å². The largest absolute Gasteiger partial charge is 0.393 e. The van der Waals surface area contributed by atoms with Gasteiger partial charge in [-0.15, -0.1) is 0 Å². The first-order valence-corrected chi connectivity index (χ1v) is 6.10. The van der Waals surface area contributed by atoms with Gasteiger partial charge in [-0.25, -0.2) is 0 Å². The third-order valence-corrected chi connectivity index (χ3v) is 2.93. The van der Waals surface area contributed by atoms with Gasteiger partial charge >= 0.3 is 0 Å². The third-order valence-electron chi connectivity index (χ3n) is 2.93. The van der Waals surface area contributed by atoms with E-state index in [0.717, 1.165) is 12.0 Å². The predicted octanol–water partition coefficient (Wildman–Crippen LogP) is 1.93. The highest BCUT2D eigenvalue weighted by atomic mass is 16.5. The van der Waals surface area contributed by atoms with E-state index in [-0.39, 0.29) is 5.92 Å². The molecule has 5 nitrogen and oxygen atoms in total. The van der Waals surface area contributed by atoms with Gasteiger partial charge in [0.05, 0.1) is 12.0 Å². The van der Waals surface area contributed by atoms with Crippen molar-refractivity contribution in [3.8, 4) is 0 Å². The average molecular weight is 247 g/mol. The highest BCUT2D eigenvalue weighted by Crippen LogP contribution is 2.21. The Balaban J connectivity index is 2.11. The summed E-state index contributed by atoms with van der Waals surface area (Å²) in [7, 11) is 0. The molecule has 0 aliphatic carbocycles. The summed E-state index contributed by atoms with van der Waals surface area (Å²) in [6.07, 6.45) is 4.38. The summed E-state index contributed by atoms with van der Waals surface area (Å²) < 4.78 is 5.21. The first kappa shape index (κ1) is 12.7. The zero-order valence-corrected chi connectivity index (χ0v) is 10.6. The second-order valence-electron chi connectivity index (χ2n) is 4.34. The molecule has 2 aromatic heterocycles. The number of pyridine rings is 1. The first-order chi connectivity index (χ1) is 8.70. The molecule has 0 amide bonds. The lowest BCUT2D eigenvalue weighted by Gasteiger charge is -2.12. The molecular formula is C13H17N3O2. The minimum atomic E-state index is -0.482. The summed E-state index contributed by atoms with van der Waals surface area (Å²) in [4.78, 5) is 8.30. The molecule has 2 rings (SSSR count). The van der Waals surface area contributed by atoms with Crippen LogP contribution in [-0.2, 0) is 6.42 Å². The van der Waals surface area contributed by atoms with Gasteiger partial charge in [-0.3, -0.25) is 4.98 Å². The van der Waals surface area contributed by atoms with Gasteiger partial charge in [-0.2, -0.15) is 4.98 Å². The maximum absolute atomic E-state index is 9.63. The smallest absolute Gasteiger partial charge is 0.232 e. The molecule has 0 fully saturated rings. The molecule has 0 bridgehead atoms. The van der Waals surface area contributed by atoms with Crippen molar-refractivity contribution in [2.24, 2.45) is 0 Å². The first-order valence-electron chi connectivity index (χ1n) is 6.10. The van der Waals surface area contributed by atoms with E-state index in [1.54, 1.807) is 19.3 Å². The predicted molar refractivity (Wildman–Crippen MR) is 66.1 cm³/mol. The van der Waals surface area contributed by atoms with Crippen LogP contribution >= 0.6 is 0 Å². The molecule has 0 spiro atoms. The zero-order valence-electron chi connectivity index (χ0n) is 10.6. The molecular weight excluding hydrogens is 230 g/mol. The quantitative estimate of drug-likeness (QED) is 0.874. The number of hydrogen-bond donors (Lipinski definition) is 1. The van der Waals surface area contributed by atoms with Crippen LogP contribution in [0.3, 0.4) is 0 Å². The van der Waals surface area contributed by atoms with E-state index in [1.165, 1.54) is 0 Å². The third kappa shape index (κ3) is 2.92. The van der Waals surface area contributed by atoms with Crippen LogP contribution in [0.15, 0.2) is 29.0 Å². The monoisotopic (exact) mass is 247 g/mol. The number of nitrogens with zero attached hydrogens (tertiary/aromatic N) is 3. The minimum absolute atomic E-state index is 0.0938. The van der Waals surface area contributed by atoms with Gasteiger partial charge in [0.1, 0.15) is 0 Å². The summed E-state index contributed by atoms with van der Waals surface area (Å²) in [6.45, 7) is 3.73. The molecule has 96 valence electrons. The highest BCUT2D eigenvalue weighted by molar-refractivity contribution is 5.15. The highest BCUT2D eigenvalue weighted by Gasteiger charge is 2.21. The van der Waals surface area contributed by atoms with E-state index in [9.17, 15) is 5.11 Å². The number of aliphatic hydroxyl groups is 1. The van der Waals surface area contributed by atoms with Crippen LogP contribution in [0.2, 0.25) is 0 Å². The molecule has 0 aliphatic heterocycles. The van der Waals surface area contributed by atoms with E-state index in [4.69, 9.17) is 4.52 Å². The van der Waals surface area contributed by atoms with Gasteiger partial charge in [0.15, 0.2) is 5.82 Å². The lowest BCUT2D eigenvalue weighted by Crippen LogP contribution is -2.14. The molecule has 0 saturated heterocycles. The lowest BCUT2D eigenvalue weighted by atomic mass is 10.0. The Morgan fingerprint density at radius 1 is 1.33 bits per heavy atom. The van der Waals surface area contributed by atoms with Gasteiger partial charge in [0.25, 0.3) is 0 Å². The summed E-state index contributed by atoms with van der Waals surface area (Å²) >= 11 is 0. The number of rotatable bonds is 5. The normalized spacial score (nSPS) is 14.4. The Morgan fingerprint density at radius 2 is 2.06 bits per heavy atom. The summed E-state index contributed by atoms with van der Waals surface area (Å²) in [5.74, 6) is 1.05. The second-order valence-corrected chi connectivity index (χ2v) is 4.34. The molecule has 5 heteroatoms. The summed E-state index contributed by atoms with van der Waals surface area (Å²) in [5.41, 5.74) is 1.09. The Kier molecular flexibility index (Phi) is 4.04. The molecule has 0 aromatic carbocycles. The van der Waals surface area contributed by atoms with Crippen molar-refractivity contribution >= 4 is 0 Å². The fourth-order valence-corrected chi connectivity index (χ4v) is 1.90. The number of hydrogen-bond acceptors (Lipinski definition) is 5. The molecule has 1 N–H and O–H groups in total. The Labute approximate surface area is 106 Å². The van der Waals surface area contributed by atoms with Crippen LogP contribution < -0.4 is 0 Å². The number of aromatic nitrogens is 3. The fraction of sp³-hybridized carbons (Fsp3) is 0.462. The maximum Gasteiger partial charge on any atom is 0.232 e. The van der Waals surface area contributed by atoms with Crippen molar-refractivity contribution in [2.75, 3.05) is 0 Å². The van der Waals surface area contributed by atoms with E-state index < -0.39 is 6.10 Å². The molecule has 0 radical (unpaired) electrons. The van der Waals surface area contributed by atoms with Crippen LogP contribution in [0.25, 0.3) is 0 Å². The molecule has 18 heavy (non-hydrogen) atoms. The Morgan fingerprint density at radius 3 is 2.67 bits per heavy atom. The topological polar surface area (TPSA) is 72.0 Å². The van der Waals surface area contributed by atoms with Crippen LogP contribution in [0.1, 0.15) is 43.5 Å². The summed E-state index contributed by atoms with van der Waals surface area (Å²) in [6, 6.07) is 3.84. The van der Waals surface area contributed by atoms with E-state index in [2.05, 4.69) is 15.1 Å². The van der Waals surface area contributed by atoms with Crippen molar-refractivity contribution in [2.45, 2.75) is 38.7 Å². The SMILES string of the molecule is CCC(c1nc(Cc2ccncc2)no1)C(C)O. The maximum atomic E-state index is 9.63. The molecule has 0 aliphatic rings. The van der Waals surface area contributed by atoms with Crippen molar-refractivity contribution in [1.82, 2.24) is 15.1 Å². The molecule has 0 saturated carbocycles. The zero-order chi connectivity index (χ0) is 13.0. The van der Waals surface area contributed by atoms with Crippen molar-refractivity contribution in [3.63, 3.8) is 0 Å². The van der Waals surface area contributed by atoms with Crippen LogP contribution in [0.4, 0.5) is 0 Å². The van der Waals surface area contributed by atoms with Crippen LogP contribution in [-0.4, -0.2) is 26.3 Å². The van der Waals surface area contributed by atoms with Crippen LogP contribution in [0, 0.1) is 0 Å². The Hall–Kier alpha value is -1.75. The fourth-order valence-electron chi connectivity index (χ4n) is 1.90. The minimum Gasteiger partial charge on any atom is -0.393 e. The van der Waals surface area contributed by atoms with E-state index in [0.29, 0.717) is 18.1 Å². The van der Waals surface area contributed by atoms with E-state index in [1.807, 2.05) is 19.1 Å². The number of aliphatic hydroxyl groups excluding tert-OH is 1. The van der Waals surface area contributed by atoms with Gasteiger partial charge in [0.2, 0.25) is 5.89 Å². The van der Waals surface area contributed by atoms with Crippen molar-refractivity contribution in [1.29, 1.82) is 0 Å². The molecule has 2 heterocycles. The standard InChI is InChI=1S/C13H17N3O2/c1-3-11(9(2)17)13-15-12(16-18-13)8-10-4-6-14-7-5-10/h4-7,9,11,17H,3,8H2,1-2H3. The van der Waals surface area contributed by atoms with Crippen LogP contribution in [0.5, 0.6) is 0 Å². The molecule has 2 aromatic rings. The van der Waals surface area contributed by atoms with Gasteiger partial charge in [-0.1, -0.05) is 12.1 Å².